The molecule has 0 saturated carbocycles. The third-order valence-corrected chi connectivity index (χ3v) is 2.38. The normalized spacial score (nSPS) is 10.6. The number of nitrogens with zero attached hydrogens (tertiary/aromatic N) is 1. The summed E-state index contributed by atoms with van der Waals surface area (Å²) in [7, 11) is 0. The van der Waals surface area contributed by atoms with Gasteiger partial charge in [0.2, 0.25) is 5.89 Å². The summed E-state index contributed by atoms with van der Waals surface area (Å²) in [4.78, 5) is 4.30. The van der Waals surface area contributed by atoms with Gasteiger partial charge in [-0.1, -0.05) is 23.8 Å². The Morgan fingerprint density at radius 3 is 2.73 bits per heavy atom. The molecule has 1 heterocycles. The van der Waals surface area contributed by atoms with Crippen LogP contribution in [0.25, 0.3) is 11.3 Å². The highest BCUT2D eigenvalue weighted by atomic mass is 16.3. The van der Waals surface area contributed by atoms with Crippen LogP contribution in [0.5, 0.6) is 0 Å². The van der Waals surface area contributed by atoms with Gasteiger partial charge < -0.3 is 10.2 Å². The van der Waals surface area contributed by atoms with Crippen molar-refractivity contribution in [2.24, 2.45) is 5.73 Å². The van der Waals surface area contributed by atoms with Crippen LogP contribution >= 0.6 is 0 Å². The predicted octanol–water partition coefficient (Wildman–Crippen LogP) is 2.42. The molecular formula is C12H14N2O. The number of aryl methyl sites for hydroxylation is 2. The average Bonchev–Trinajstić information content (AvgIpc) is 2.66. The molecule has 2 aromatic rings. The highest BCUT2D eigenvalue weighted by Gasteiger charge is 2.07. The largest absolute Gasteiger partial charge is 0.447 e. The van der Waals surface area contributed by atoms with E-state index in [1.165, 1.54) is 11.1 Å². The van der Waals surface area contributed by atoms with Crippen molar-refractivity contribution in [3.05, 3.63) is 41.5 Å². The summed E-state index contributed by atoms with van der Waals surface area (Å²) >= 11 is 0. The number of oxazole rings is 1. The van der Waals surface area contributed by atoms with Gasteiger partial charge in [-0.05, 0) is 19.4 Å². The van der Waals surface area contributed by atoms with Crippen LogP contribution < -0.4 is 5.73 Å². The van der Waals surface area contributed by atoms with Gasteiger partial charge >= 0.3 is 0 Å². The van der Waals surface area contributed by atoms with Crippen molar-refractivity contribution >= 4 is 0 Å². The van der Waals surface area contributed by atoms with Crippen LogP contribution in [-0.2, 0) is 6.54 Å². The van der Waals surface area contributed by atoms with Gasteiger partial charge in [0.1, 0.15) is 12.0 Å². The van der Waals surface area contributed by atoms with E-state index in [1.807, 2.05) is 0 Å². The van der Waals surface area contributed by atoms with Gasteiger partial charge in [-0.2, -0.15) is 0 Å². The number of nitrogens with two attached hydrogens (primary N) is 1. The second-order valence-electron chi connectivity index (χ2n) is 3.65. The lowest BCUT2D eigenvalue weighted by molar-refractivity contribution is 0.498. The third kappa shape index (κ3) is 1.92. The van der Waals surface area contributed by atoms with Gasteiger partial charge in [0.15, 0.2) is 0 Å². The summed E-state index contributed by atoms with van der Waals surface area (Å²) in [6, 6.07) is 6.26. The van der Waals surface area contributed by atoms with E-state index < -0.39 is 0 Å². The van der Waals surface area contributed by atoms with Gasteiger partial charge in [-0.15, -0.1) is 0 Å². The number of hydrogen-bond acceptors (Lipinski definition) is 3. The molecule has 0 spiro atoms. The maximum absolute atomic E-state index is 5.45. The molecule has 0 saturated heterocycles. The van der Waals surface area contributed by atoms with Crippen molar-refractivity contribution in [2.45, 2.75) is 20.4 Å². The van der Waals surface area contributed by atoms with Crippen molar-refractivity contribution in [1.82, 2.24) is 4.98 Å². The Morgan fingerprint density at radius 2 is 2.13 bits per heavy atom. The fraction of sp³-hybridized carbons (Fsp3) is 0.250. The first-order valence-corrected chi connectivity index (χ1v) is 4.93. The second-order valence-corrected chi connectivity index (χ2v) is 3.65. The minimum absolute atomic E-state index is 0.338. The van der Waals surface area contributed by atoms with E-state index in [0.717, 1.165) is 11.3 Å². The van der Waals surface area contributed by atoms with Crippen molar-refractivity contribution in [2.75, 3.05) is 0 Å². The van der Waals surface area contributed by atoms with Crippen LogP contribution in [0.3, 0.4) is 0 Å². The van der Waals surface area contributed by atoms with Crippen LogP contribution in [0.15, 0.2) is 28.9 Å². The molecule has 3 nitrogen and oxygen atoms in total. The molecule has 0 aliphatic carbocycles. The fourth-order valence-corrected chi connectivity index (χ4v) is 1.63. The molecule has 0 aliphatic heterocycles. The SMILES string of the molecule is Cc1ccc(-c2coc(CN)n2)c(C)c1. The topological polar surface area (TPSA) is 52.0 Å². The van der Waals surface area contributed by atoms with Crippen molar-refractivity contribution in [3.8, 4) is 11.3 Å². The molecule has 2 rings (SSSR count). The Labute approximate surface area is 88.9 Å². The zero-order chi connectivity index (χ0) is 10.8. The Balaban J connectivity index is 2.44. The van der Waals surface area contributed by atoms with E-state index in [0.29, 0.717) is 12.4 Å². The molecule has 0 fully saturated rings. The van der Waals surface area contributed by atoms with E-state index in [1.54, 1.807) is 6.26 Å². The summed E-state index contributed by atoms with van der Waals surface area (Å²) < 4.78 is 5.22. The lowest BCUT2D eigenvalue weighted by Gasteiger charge is -2.02. The fourth-order valence-electron chi connectivity index (χ4n) is 1.63. The highest BCUT2D eigenvalue weighted by molar-refractivity contribution is 5.62. The number of hydrogen-bond donors (Lipinski definition) is 1. The first-order chi connectivity index (χ1) is 7.20. The molecule has 2 N–H and O–H groups in total. The van der Waals surface area contributed by atoms with E-state index in [9.17, 15) is 0 Å². The zero-order valence-electron chi connectivity index (χ0n) is 8.95. The standard InChI is InChI=1S/C12H14N2O/c1-8-3-4-10(9(2)5-8)11-7-15-12(6-13)14-11/h3-5,7H,6,13H2,1-2H3. The average molecular weight is 202 g/mol. The summed E-state index contributed by atoms with van der Waals surface area (Å²) in [5.41, 5.74) is 9.85. The third-order valence-electron chi connectivity index (χ3n) is 2.38. The first-order valence-electron chi connectivity index (χ1n) is 4.93. The molecule has 3 heteroatoms. The van der Waals surface area contributed by atoms with E-state index in [-0.39, 0.29) is 0 Å². The molecule has 0 aliphatic rings. The van der Waals surface area contributed by atoms with Crippen LogP contribution in [0.4, 0.5) is 0 Å². The molecule has 1 aromatic heterocycles. The maximum atomic E-state index is 5.45. The molecular weight excluding hydrogens is 188 g/mol. The maximum Gasteiger partial charge on any atom is 0.208 e. The molecule has 0 unspecified atom stereocenters. The van der Waals surface area contributed by atoms with Crippen LogP contribution in [0.1, 0.15) is 17.0 Å². The number of aromatic nitrogens is 1. The van der Waals surface area contributed by atoms with Crippen LogP contribution in [0, 0.1) is 13.8 Å². The molecule has 0 bridgehead atoms. The number of rotatable bonds is 2. The Kier molecular flexibility index (Phi) is 2.56. The molecule has 78 valence electrons. The van der Waals surface area contributed by atoms with Crippen molar-refractivity contribution in [1.29, 1.82) is 0 Å². The van der Waals surface area contributed by atoms with Gasteiger partial charge in [0, 0.05) is 5.56 Å². The van der Waals surface area contributed by atoms with Crippen LogP contribution in [-0.4, -0.2) is 4.98 Å². The molecule has 1 aromatic carbocycles. The predicted molar refractivity (Wildman–Crippen MR) is 59.3 cm³/mol. The quantitative estimate of drug-likeness (QED) is 0.813. The highest BCUT2D eigenvalue weighted by Crippen LogP contribution is 2.23. The Hall–Kier alpha value is -1.61. The van der Waals surface area contributed by atoms with Crippen molar-refractivity contribution in [3.63, 3.8) is 0 Å². The monoisotopic (exact) mass is 202 g/mol. The van der Waals surface area contributed by atoms with Crippen LogP contribution in [0.2, 0.25) is 0 Å². The van der Waals surface area contributed by atoms with Crippen molar-refractivity contribution < 1.29 is 4.42 Å². The van der Waals surface area contributed by atoms with E-state index in [4.69, 9.17) is 10.2 Å². The first kappa shape index (κ1) is 9.93. The zero-order valence-corrected chi connectivity index (χ0v) is 8.95. The minimum atomic E-state index is 0.338. The molecule has 0 radical (unpaired) electrons. The number of benzene rings is 1. The summed E-state index contributed by atoms with van der Waals surface area (Å²) in [5, 5.41) is 0. The van der Waals surface area contributed by atoms with Gasteiger partial charge in [-0.3, -0.25) is 0 Å². The smallest absolute Gasteiger partial charge is 0.208 e. The minimum Gasteiger partial charge on any atom is -0.447 e. The summed E-state index contributed by atoms with van der Waals surface area (Å²) in [6.07, 6.45) is 1.65. The van der Waals surface area contributed by atoms with E-state index >= 15 is 0 Å². The summed E-state index contributed by atoms with van der Waals surface area (Å²) in [6.45, 7) is 4.48. The van der Waals surface area contributed by atoms with Gasteiger partial charge in [0.25, 0.3) is 0 Å². The lowest BCUT2D eigenvalue weighted by Crippen LogP contribution is -1.95. The molecule has 0 atom stereocenters. The lowest BCUT2D eigenvalue weighted by atomic mass is 10.0. The molecule has 15 heavy (non-hydrogen) atoms. The second kappa shape index (κ2) is 3.87. The van der Waals surface area contributed by atoms with E-state index in [2.05, 4.69) is 37.0 Å². The van der Waals surface area contributed by atoms with Gasteiger partial charge in [-0.25, -0.2) is 4.98 Å². The summed E-state index contributed by atoms with van der Waals surface area (Å²) in [5.74, 6) is 0.574. The Bertz CT molecular complexity index is 474. The Morgan fingerprint density at radius 1 is 1.33 bits per heavy atom. The van der Waals surface area contributed by atoms with Gasteiger partial charge in [0.05, 0.1) is 6.54 Å². The molecule has 0 amide bonds.